The van der Waals surface area contributed by atoms with E-state index in [2.05, 4.69) is 27.6 Å². The second-order valence-electron chi connectivity index (χ2n) is 5.35. The molecule has 0 fully saturated rings. The molecule has 0 unspecified atom stereocenters. The minimum Gasteiger partial charge on any atom is -0.300 e. The molecule has 0 atom stereocenters. The zero-order valence-corrected chi connectivity index (χ0v) is 13.3. The van der Waals surface area contributed by atoms with Crippen molar-refractivity contribution in [3.05, 3.63) is 35.9 Å². The molecule has 0 spiro atoms. The summed E-state index contributed by atoms with van der Waals surface area (Å²) in [5, 5.41) is 11.4. The van der Waals surface area contributed by atoms with E-state index in [1.807, 2.05) is 39.0 Å². The molecule has 6 heteroatoms. The van der Waals surface area contributed by atoms with Gasteiger partial charge in [-0.25, -0.2) is 0 Å². The Hall–Kier alpha value is -1.40. The predicted molar refractivity (Wildman–Crippen MR) is 84.0 cm³/mol. The van der Waals surface area contributed by atoms with Gasteiger partial charge in [0.25, 0.3) is 0 Å². The number of amides is 1. The summed E-state index contributed by atoms with van der Waals surface area (Å²) in [7, 11) is 0. The SMILES string of the molecule is CC(C)(C)C(=O)Nc1nnc(SCc2ccccc2)s1. The molecule has 2 aromatic rings. The van der Waals surface area contributed by atoms with Crippen LogP contribution in [0.1, 0.15) is 26.3 Å². The fraction of sp³-hybridized carbons (Fsp3) is 0.357. The van der Waals surface area contributed by atoms with Gasteiger partial charge in [-0.1, -0.05) is 74.2 Å². The van der Waals surface area contributed by atoms with Crippen LogP contribution in [0.5, 0.6) is 0 Å². The number of carbonyl (C=O) groups is 1. The number of hydrogen-bond donors (Lipinski definition) is 1. The van der Waals surface area contributed by atoms with Crippen LogP contribution in [-0.4, -0.2) is 16.1 Å². The van der Waals surface area contributed by atoms with Crippen molar-refractivity contribution in [1.29, 1.82) is 0 Å². The average molecular weight is 307 g/mol. The quantitative estimate of drug-likeness (QED) is 0.689. The second-order valence-corrected chi connectivity index (χ2v) is 7.55. The maximum atomic E-state index is 11.8. The zero-order valence-electron chi connectivity index (χ0n) is 11.7. The van der Waals surface area contributed by atoms with E-state index < -0.39 is 5.41 Å². The van der Waals surface area contributed by atoms with Crippen LogP contribution in [0.4, 0.5) is 5.13 Å². The predicted octanol–water partition coefficient (Wildman–Crippen LogP) is 3.82. The van der Waals surface area contributed by atoms with E-state index in [0.717, 1.165) is 10.1 Å². The topological polar surface area (TPSA) is 54.9 Å². The van der Waals surface area contributed by atoms with Gasteiger partial charge in [-0.15, -0.1) is 10.2 Å². The molecule has 4 nitrogen and oxygen atoms in total. The fourth-order valence-electron chi connectivity index (χ4n) is 1.32. The molecule has 2 rings (SSSR count). The third-order valence-electron chi connectivity index (χ3n) is 2.51. The van der Waals surface area contributed by atoms with Crippen LogP contribution in [0.2, 0.25) is 0 Å². The number of aromatic nitrogens is 2. The minimum absolute atomic E-state index is 0.0479. The number of benzene rings is 1. The van der Waals surface area contributed by atoms with Gasteiger partial charge in [0, 0.05) is 11.2 Å². The van der Waals surface area contributed by atoms with Crippen LogP contribution in [0.3, 0.4) is 0 Å². The average Bonchev–Trinajstić information content (AvgIpc) is 2.84. The molecule has 0 aliphatic heterocycles. The van der Waals surface area contributed by atoms with Crippen molar-refractivity contribution in [2.45, 2.75) is 30.9 Å². The van der Waals surface area contributed by atoms with Crippen molar-refractivity contribution in [2.24, 2.45) is 5.41 Å². The van der Waals surface area contributed by atoms with E-state index in [-0.39, 0.29) is 5.91 Å². The highest BCUT2D eigenvalue weighted by Gasteiger charge is 2.22. The van der Waals surface area contributed by atoms with E-state index in [1.54, 1.807) is 11.8 Å². The number of hydrogen-bond acceptors (Lipinski definition) is 5. The van der Waals surface area contributed by atoms with Crippen LogP contribution in [-0.2, 0) is 10.5 Å². The third kappa shape index (κ3) is 4.31. The molecule has 1 aromatic carbocycles. The molecule has 0 aliphatic carbocycles. The number of carbonyl (C=O) groups excluding carboxylic acids is 1. The summed E-state index contributed by atoms with van der Waals surface area (Å²) in [6.07, 6.45) is 0. The Bertz CT molecular complexity index is 576. The molecule has 1 aromatic heterocycles. The highest BCUT2D eigenvalue weighted by atomic mass is 32.2. The standard InChI is InChI=1S/C14H17N3OS2/c1-14(2,3)11(18)15-12-16-17-13(20-12)19-9-10-7-5-4-6-8-10/h4-8H,9H2,1-3H3,(H,15,16,18). The maximum Gasteiger partial charge on any atom is 0.231 e. The van der Waals surface area contributed by atoms with Crippen LogP contribution in [0, 0.1) is 5.41 Å². The molecule has 0 aliphatic rings. The summed E-state index contributed by atoms with van der Waals surface area (Å²) in [6.45, 7) is 5.61. The molecule has 0 saturated heterocycles. The summed E-state index contributed by atoms with van der Waals surface area (Å²) in [6, 6.07) is 10.2. The smallest absolute Gasteiger partial charge is 0.231 e. The Morgan fingerprint density at radius 2 is 1.95 bits per heavy atom. The van der Waals surface area contributed by atoms with Gasteiger partial charge in [-0.2, -0.15) is 0 Å². The van der Waals surface area contributed by atoms with Gasteiger partial charge >= 0.3 is 0 Å². The Balaban J connectivity index is 1.91. The van der Waals surface area contributed by atoms with Gasteiger partial charge < -0.3 is 5.32 Å². The zero-order chi connectivity index (χ0) is 14.6. The monoisotopic (exact) mass is 307 g/mol. The number of anilines is 1. The van der Waals surface area contributed by atoms with E-state index in [9.17, 15) is 4.79 Å². The highest BCUT2D eigenvalue weighted by Crippen LogP contribution is 2.29. The van der Waals surface area contributed by atoms with Crippen LogP contribution in [0.15, 0.2) is 34.7 Å². The van der Waals surface area contributed by atoms with Crippen molar-refractivity contribution >= 4 is 34.1 Å². The Morgan fingerprint density at radius 1 is 1.25 bits per heavy atom. The van der Waals surface area contributed by atoms with Gasteiger partial charge in [0.05, 0.1) is 0 Å². The Morgan fingerprint density at radius 3 is 2.60 bits per heavy atom. The number of rotatable bonds is 4. The van der Waals surface area contributed by atoms with E-state index in [1.165, 1.54) is 16.9 Å². The lowest BCUT2D eigenvalue weighted by atomic mass is 9.96. The Labute approximate surface area is 127 Å². The second kappa shape index (κ2) is 6.37. The minimum atomic E-state index is -0.428. The summed E-state index contributed by atoms with van der Waals surface area (Å²) in [4.78, 5) is 11.8. The van der Waals surface area contributed by atoms with Crippen molar-refractivity contribution in [3.63, 3.8) is 0 Å². The van der Waals surface area contributed by atoms with Crippen molar-refractivity contribution in [1.82, 2.24) is 10.2 Å². The third-order valence-corrected chi connectivity index (χ3v) is 4.56. The number of nitrogens with one attached hydrogen (secondary N) is 1. The van der Waals surface area contributed by atoms with Gasteiger partial charge in [0.1, 0.15) is 0 Å². The first-order valence-corrected chi connectivity index (χ1v) is 8.07. The molecule has 1 N–H and O–H groups in total. The summed E-state index contributed by atoms with van der Waals surface area (Å²) < 4.78 is 0.859. The molecule has 0 bridgehead atoms. The lowest BCUT2D eigenvalue weighted by Gasteiger charge is -2.15. The molecular formula is C14H17N3OS2. The first-order chi connectivity index (χ1) is 9.45. The summed E-state index contributed by atoms with van der Waals surface area (Å²) >= 11 is 3.03. The number of thioether (sulfide) groups is 1. The fourth-order valence-corrected chi connectivity index (χ4v) is 3.03. The van der Waals surface area contributed by atoms with Crippen molar-refractivity contribution in [2.75, 3.05) is 5.32 Å². The van der Waals surface area contributed by atoms with Gasteiger partial charge in [-0.3, -0.25) is 4.79 Å². The van der Waals surface area contributed by atoms with Crippen molar-refractivity contribution in [3.8, 4) is 0 Å². The first kappa shape index (κ1) is 15.0. The highest BCUT2D eigenvalue weighted by molar-refractivity contribution is 8.00. The van der Waals surface area contributed by atoms with Crippen LogP contribution < -0.4 is 5.32 Å². The molecule has 106 valence electrons. The van der Waals surface area contributed by atoms with Gasteiger partial charge in [0.15, 0.2) is 4.34 Å². The largest absolute Gasteiger partial charge is 0.300 e. The van der Waals surface area contributed by atoms with Gasteiger partial charge in [0.2, 0.25) is 11.0 Å². The van der Waals surface area contributed by atoms with Crippen molar-refractivity contribution < 1.29 is 4.79 Å². The molecule has 1 amide bonds. The molecule has 1 heterocycles. The molecule has 0 saturated carbocycles. The van der Waals surface area contributed by atoms with Gasteiger partial charge in [-0.05, 0) is 5.56 Å². The number of nitrogens with zero attached hydrogens (tertiary/aromatic N) is 2. The first-order valence-electron chi connectivity index (χ1n) is 6.27. The lowest BCUT2D eigenvalue weighted by molar-refractivity contribution is -0.123. The summed E-state index contributed by atoms with van der Waals surface area (Å²) in [5.41, 5.74) is 0.816. The van der Waals surface area contributed by atoms with E-state index in [4.69, 9.17) is 0 Å². The molecular weight excluding hydrogens is 290 g/mol. The van der Waals surface area contributed by atoms with E-state index in [0.29, 0.717) is 5.13 Å². The van der Waals surface area contributed by atoms with Crippen LogP contribution in [0.25, 0.3) is 0 Å². The Kier molecular flexibility index (Phi) is 4.77. The molecule has 20 heavy (non-hydrogen) atoms. The normalized spacial score (nSPS) is 11.3. The maximum absolute atomic E-state index is 11.8. The molecule has 0 radical (unpaired) electrons. The lowest BCUT2D eigenvalue weighted by Crippen LogP contribution is -2.27. The van der Waals surface area contributed by atoms with Crippen LogP contribution >= 0.6 is 23.1 Å². The van der Waals surface area contributed by atoms with E-state index >= 15 is 0 Å². The summed E-state index contributed by atoms with van der Waals surface area (Å²) in [5.74, 6) is 0.802.